The first-order valence-electron chi connectivity index (χ1n) is 8.07. The van der Waals surface area contributed by atoms with E-state index in [0.717, 1.165) is 17.8 Å². The maximum absolute atomic E-state index is 12.7. The fourth-order valence-electron chi connectivity index (χ4n) is 3.22. The summed E-state index contributed by atoms with van der Waals surface area (Å²) >= 11 is 2.94. The molecule has 0 radical (unpaired) electrons. The summed E-state index contributed by atoms with van der Waals surface area (Å²) < 4.78 is 1.53. The van der Waals surface area contributed by atoms with Crippen LogP contribution in [0, 0.1) is 0 Å². The van der Waals surface area contributed by atoms with Crippen LogP contribution < -0.4 is 10.5 Å². The van der Waals surface area contributed by atoms with Crippen molar-refractivity contribution in [2.75, 3.05) is 10.7 Å². The van der Waals surface area contributed by atoms with Gasteiger partial charge in [-0.05, 0) is 25.0 Å². The number of thiazole rings is 1. The molecule has 3 heterocycles. The van der Waals surface area contributed by atoms with Gasteiger partial charge in [-0.25, -0.2) is 4.98 Å². The van der Waals surface area contributed by atoms with Crippen LogP contribution in [-0.2, 0) is 17.0 Å². The van der Waals surface area contributed by atoms with E-state index in [4.69, 9.17) is 0 Å². The Labute approximate surface area is 153 Å². The van der Waals surface area contributed by atoms with Crippen molar-refractivity contribution in [1.82, 2.24) is 9.38 Å². The number of hydrogen-bond acceptors (Lipinski definition) is 5. The Balaban J connectivity index is 1.43. The number of thioether (sulfide) groups is 1. The van der Waals surface area contributed by atoms with E-state index in [2.05, 4.69) is 18.0 Å². The fourth-order valence-corrected chi connectivity index (χ4v) is 4.73. The van der Waals surface area contributed by atoms with Crippen LogP contribution in [0.4, 0.5) is 5.69 Å². The third-order valence-electron chi connectivity index (χ3n) is 4.31. The predicted molar refractivity (Wildman–Crippen MR) is 103 cm³/mol. The standard InChI is InChI=1S/C18H17N3O2S2/c1-12-8-13-4-2-3-5-15(13)21(12)17(23)11-24-10-14-9-16(22)20-6-7-25-18(20)19-14/h2-7,9,12H,8,10-11H2,1H3/t12-/m0/s1. The number of benzene rings is 1. The molecular formula is C18H17N3O2S2. The van der Waals surface area contributed by atoms with Crippen LogP contribution >= 0.6 is 23.1 Å². The summed E-state index contributed by atoms with van der Waals surface area (Å²) in [5, 5.41) is 1.84. The Kier molecular flexibility index (Phi) is 4.35. The monoisotopic (exact) mass is 371 g/mol. The minimum atomic E-state index is -0.0738. The number of aromatic nitrogens is 2. The molecule has 0 bridgehead atoms. The van der Waals surface area contributed by atoms with Gasteiger partial charge in [-0.2, -0.15) is 0 Å². The molecule has 128 valence electrons. The summed E-state index contributed by atoms with van der Waals surface area (Å²) in [5.74, 6) is 1.04. The second kappa shape index (κ2) is 6.65. The number of anilines is 1. The SMILES string of the molecule is C[C@H]1Cc2ccccc2N1C(=O)CSCc1cc(=O)n2ccsc2n1. The number of carbonyl (C=O) groups is 1. The molecule has 0 unspecified atom stereocenters. The van der Waals surface area contributed by atoms with Crippen LogP contribution in [0.1, 0.15) is 18.2 Å². The van der Waals surface area contributed by atoms with Crippen LogP contribution in [0.25, 0.3) is 4.96 Å². The van der Waals surface area contributed by atoms with E-state index in [9.17, 15) is 9.59 Å². The van der Waals surface area contributed by atoms with Crippen LogP contribution in [0.3, 0.4) is 0 Å². The molecule has 1 atom stereocenters. The van der Waals surface area contributed by atoms with E-state index in [1.54, 1.807) is 12.3 Å². The first kappa shape index (κ1) is 16.4. The van der Waals surface area contributed by atoms with E-state index in [0.29, 0.717) is 16.5 Å². The molecule has 4 rings (SSSR count). The minimum Gasteiger partial charge on any atom is -0.308 e. The molecule has 1 amide bonds. The molecule has 0 N–H and O–H groups in total. The van der Waals surface area contributed by atoms with Crippen molar-refractivity contribution in [3.8, 4) is 0 Å². The van der Waals surface area contributed by atoms with Crippen molar-refractivity contribution in [3.63, 3.8) is 0 Å². The molecule has 1 aliphatic rings. The van der Waals surface area contributed by atoms with Crippen LogP contribution in [-0.4, -0.2) is 27.1 Å². The highest BCUT2D eigenvalue weighted by atomic mass is 32.2. The van der Waals surface area contributed by atoms with Gasteiger partial charge in [0.1, 0.15) is 0 Å². The molecule has 3 aromatic rings. The molecule has 0 aliphatic carbocycles. The zero-order valence-corrected chi connectivity index (χ0v) is 15.3. The van der Waals surface area contributed by atoms with Crippen molar-refractivity contribution in [2.24, 2.45) is 0 Å². The molecule has 7 heteroatoms. The fraction of sp³-hybridized carbons (Fsp3) is 0.278. The second-order valence-electron chi connectivity index (χ2n) is 6.08. The van der Waals surface area contributed by atoms with Crippen molar-refractivity contribution >= 4 is 39.7 Å². The lowest BCUT2D eigenvalue weighted by Crippen LogP contribution is -2.37. The Hall–Kier alpha value is -2.12. The second-order valence-corrected chi connectivity index (χ2v) is 7.94. The van der Waals surface area contributed by atoms with Gasteiger partial charge in [0, 0.05) is 35.1 Å². The normalized spacial score (nSPS) is 16.4. The molecule has 0 saturated carbocycles. The van der Waals surface area contributed by atoms with Crippen molar-refractivity contribution in [1.29, 1.82) is 0 Å². The van der Waals surface area contributed by atoms with E-state index >= 15 is 0 Å². The van der Waals surface area contributed by atoms with E-state index in [1.807, 2.05) is 28.5 Å². The van der Waals surface area contributed by atoms with Gasteiger partial charge in [-0.1, -0.05) is 18.2 Å². The Morgan fingerprint density at radius 3 is 3.12 bits per heavy atom. The maximum atomic E-state index is 12.7. The lowest BCUT2D eigenvalue weighted by atomic mass is 10.1. The van der Waals surface area contributed by atoms with Crippen molar-refractivity contribution in [3.05, 3.63) is 63.5 Å². The van der Waals surface area contributed by atoms with Gasteiger partial charge in [0.25, 0.3) is 5.56 Å². The molecular weight excluding hydrogens is 354 g/mol. The van der Waals surface area contributed by atoms with Crippen LogP contribution in [0.2, 0.25) is 0 Å². The molecule has 2 aromatic heterocycles. The predicted octanol–water partition coefficient (Wildman–Crippen LogP) is 2.97. The summed E-state index contributed by atoms with van der Waals surface area (Å²) in [6, 6.07) is 9.81. The number of carbonyl (C=O) groups excluding carboxylic acids is 1. The summed E-state index contributed by atoms with van der Waals surface area (Å²) in [4.78, 5) is 31.7. The summed E-state index contributed by atoms with van der Waals surface area (Å²) in [6.45, 7) is 2.08. The lowest BCUT2D eigenvalue weighted by Gasteiger charge is -2.22. The smallest absolute Gasteiger partial charge is 0.258 e. The number of nitrogens with zero attached hydrogens (tertiary/aromatic N) is 3. The highest BCUT2D eigenvalue weighted by Crippen LogP contribution is 2.32. The molecule has 25 heavy (non-hydrogen) atoms. The number of hydrogen-bond donors (Lipinski definition) is 0. The number of rotatable bonds is 4. The zero-order chi connectivity index (χ0) is 17.4. The summed E-state index contributed by atoms with van der Waals surface area (Å²) in [5.41, 5.74) is 2.90. The Bertz CT molecular complexity index is 995. The summed E-state index contributed by atoms with van der Waals surface area (Å²) in [6.07, 6.45) is 2.63. The minimum absolute atomic E-state index is 0.0738. The van der Waals surface area contributed by atoms with Gasteiger partial charge in [-0.15, -0.1) is 23.1 Å². The van der Waals surface area contributed by atoms with Gasteiger partial charge < -0.3 is 4.90 Å². The third-order valence-corrected chi connectivity index (χ3v) is 6.02. The van der Waals surface area contributed by atoms with Crippen LogP contribution in [0.5, 0.6) is 0 Å². The quantitative estimate of drug-likeness (QED) is 0.708. The van der Waals surface area contributed by atoms with E-state index in [-0.39, 0.29) is 17.5 Å². The van der Waals surface area contributed by atoms with Crippen molar-refractivity contribution in [2.45, 2.75) is 25.1 Å². The number of para-hydroxylation sites is 1. The zero-order valence-electron chi connectivity index (χ0n) is 13.7. The van der Waals surface area contributed by atoms with Crippen LogP contribution in [0.15, 0.2) is 46.7 Å². The van der Waals surface area contributed by atoms with Gasteiger partial charge in [-0.3, -0.25) is 14.0 Å². The number of fused-ring (bicyclic) bond motifs is 2. The summed E-state index contributed by atoms with van der Waals surface area (Å²) in [7, 11) is 0. The molecule has 0 fully saturated rings. The van der Waals surface area contributed by atoms with Gasteiger partial charge in [0.2, 0.25) is 5.91 Å². The largest absolute Gasteiger partial charge is 0.308 e. The van der Waals surface area contributed by atoms with Gasteiger partial charge in [0.15, 0.2) is 4.96 Å². The number of amides is 1. The highest BCUT2D eigenvalue weighted by Gasteiger charge is 2.30. The Morgan fingerprint density at radius 2 is 2.24 bits per heavy atom. The molecule has 5 nitrogen and oxygen atoms in total. The van der Waals surface area contributed by atoms with E-state index in [1.165, 1.54) is 33.1 Å². The topological polar surface area (TPSA) is 54.7 Å². The molecule has 0 saturated heterocycles. The van der Waals surface area contributed by atoms with Crippen molar-refractivity contribution < 1.29 is 4.79 Å². The lowest BCUT2D eigenvalue weighted by molar-refractivity contribution is -0.116. The first-order valence-corrected chi connectivity index (χ1v) is 10.1. The first-order chi connectivity index (χ1) is 12.1. The highest BCUT2D eigenvalue weighted by molar-refractivity contribution is 7.99. The third kappa shape index (κ3) is 3.09. The average molecular weight is 371 g/mol. The average Bonchev–Trinajstić information content (AvgIpc) is 3.18. The maximum Gasteiger partial charge on any atom is 0.258 e. The molecule has 0 spiro atoms. The molecule has 1 aromatic carbocycles. The van der Waals surface area contributed by atoms with E-state index < -0.39 is 0 Å². The van der Waals surface area contributed by atoms with Gasteiger partial charge >= 0.3 is 0 Å². The Morgan fingerprint density at radius 1 is 1.40 bits per heavy atom. The van der Waals surface area contributed by atoms with Gasteiger partial charge in [0.05, 0.1) is 11.4 Å². The molecule has 1 aliphatic heterocycles.